The van der Waals surface area contributed by atoms with Crippen molar-refractivity contribution in [2.24, 2.45) is 5.73 Å². The molecule has 0 saturated carbocycles. The summed E-state index contributed by atoms with van der Waals surface area (Å²) in [5.74, 6) is 0. The van der Waals surface area contributed by atoms with Gasteiger partial charge in [-0.1, -0.05) is 6.92 Å². The fraction of sp³-hybridized carbons (Fsp3) is 1.00. The first-order valence-electron chi connectivity index (χ1n) is 4.49. The van der Waals surface area contributed by atoms with E-state index in [0.29, 0.717) is 0 Å². The van der Waals surface area contributed by atoms with Crippen LogP contribution in [-0.4, -0.2) is 31.7 Å². The van der Waals surface area contributed by atoms with Gasteiger partial charge in [0.2, 0.25) is 0 Å². The maximum absolute atomic E-state index is 5.73. The van der Waals surface area contributed by atoms with Crippen LogP contribution in [0.25, 0.3) is 0 Å². The van der Waals surface area contributed by atoms with Crippen molar-refractivity contribution < 1.29 is 0 Å². The second-order valence-electron chi connectivity index (χ2n) is 3.26. The molecule has 1 rings (SSSR count). The first-order chi connectivity index (χ1) is 5.33. The van der Waals surface area contributed by atoms with Gasteiger partial charge in [0.15, 0.2) is 0 Å². The molecule has 0 aromatic carbocycles. The Balaban J connectivity index is 2.42. The largest absolute Gasteiger partial charge is 0.329 e. The Kier molecular flexibility index (Phi) is 3.30. The Labute approximate surface area is 68.7 Å². The molecule has 0 bridgehead atoms. The van der Waals surface area contributed by atoms with Gasteiger partial charge >= 0.3 is 0 Å². The summed E-state index contributed by atoms with van der Waals surface area (Å²) in [7, 11) is 0. The van der Waals surface area contributed by atoms with E-state index in [9.17, 15) is 0 Å². The Morgan fingerprint density at radius 1 is 1.45 bits per heavy atom. The molecule has 0 aliphatic carbocycles. The molecule has 1 aliphatic rings. The zero-order valence-electron chi connectivity index (χ0n) is 7.32. The summed E-state index contributed by atoms with van der Waals surface area (Å²) in [4.78, 5) is 0. The number of hydrogen-bond donors (Lipinski definition) is 3. The van der Waals surface area contributed by atoms with E-state index in [1.165, 1.54) is 0 Å². The summed E-state index contributed by atoms with van der Waals surface area (Å²) >= 11 is 0. The maximum atomic E-state index is 5.73. The summed E-state index contributed by atoms with van der Waals surface area (Å²) in [5.41, 5.74) is 5.97. The summed E-state index contributed by atoms with van der Waals surface area (Å²) in [6.45, 7) is 6.13. The van der Waals surface area contributed by atoms with Crippen molar-refractivity contribution in [1.29, 1.82) is 0 Å². The van der Waals surface area contributed by atoms with Crippen molar-refractivity contribution in [3.8, 4) is 0 Å². The lowest BCUT2D eigenvalue weighted by atomic mass is 9.88. The van der Waals surface area contributed by atoms with E-state index in [2.05, 4.69) is 17.6 Å². The van der Waals surface area contributed by atoms with E-state index >= 15 is 0 Å². The van der Waals surface area contributed by atoms with Gasteiger partial charge in [-0.05, 0) is 32.5 Å². The van der Waals surface area contributed by atoms with Gasteiger partial charge in [-0.25, -0.2) is 0 Å². The smallest absolute Gasteiger partial charge is 0.0328 e. The van der Waals surface area contributed by atoms with E-state index in [4.69, 9.17) is 5.73 Å². The predicted octanol–water partition coefficient (Wildman–Crippen LogP) is -0.323. The number of piperidine rings is 1. The van der Waals surface area contributed by atoms with Crippen molar-refractivity contribution in [2.45, 2.75) is 25.3 Å². The van der Waals surface area contributed by atoms with Crippen LogP contribution in [0.2, 0.25) is 0 Å². The van der Waals surface area contributed by atoms with E-state index in [1.807, 2.05) is 0 Å². The molecule has 0 atom stereocenters. The van der Waals surface area contributed by atoms with E-state index in [0.717, 1.165) is 39.0 Å². The lowest BCUT2D eigenvalue weighted by molar-refractivity contribution is 0.255. The van der Waals surface area contributed by atoms with E-state index < -0.39 is 0 Å². The average Bonchev–Trinajstić information content (AvgIpc) is 2.07. The quantitative estimate of drug-likeness (QED) is 0.526. The van der Waals surface area contributed by atoms with Crippen LogP contribution in [0.1, 0.15) is 19.8 Å². The predicted molar refractivity (Wildman–Crippen MR) is 47.6 cm³/mol. The van der Waals surface area contributed by atoms with Crippen LogP contribution in [0.4, 0.5) is 0 Å². The van der Waals surface area contributed by atoms with Crippen molar-refractivity contribution in [3.05, 3.63) is 0 Å². The molecule has 0 spiro atoms. The van der Waals surface area contributed by atoms with Gasteiger partial charge in [0.05, 0.1) is 0 Å². The Bertz CT molecular complexity index is 102. The first kappa shape index (κ1) is 8.97. The highest BCUT2D eigenvalue weighted by Gasteiger charge is 2.28. The number of nitrogens with two attached hydrogens (primary N) is 1. The van der Waals surface area contributed by atoms with Crippen LogP contribution in [-0.2, 0) is 0 Å². The van der Waals surface area contributed by atoms with Crippen LogP contribution in [0, 0.1) is 0 Å². The minimum absolute atomic E-state index is 0.236. The monoisotopic (exact) mass is 157 g/mol. The third-order valence-electron chi connectivity index (χ3n) is 2.50. The van der Waals surface area contributed by atoms with Crippen molar-refractivity contribution >= 4 is 0 Å². The number of likely N-dealkylation sites (N-methyl/N-ethyl adjacent to an activating group) is 1. The second-order valence-corrected chi connectivity index (χ2v) is 3.26. The van der Waals surface area contributed by atoms with Crippen molar-refractivity contribution in [2.75, 3.05) is 26.2 Å². The van der Waals surface area contributed by atoms with Crippen molar-refractivity contribution in [1.82, 2.24) is 10.6 Å². The SMILES string of the molecule is CCNC1(CN)CCNCC1. The standard InChI is InChI=1S/C8H19N3/c1-2-11-8(7-9)3-5-10-6-4-8/h10-11H,2-7,9H2,1H3. The third-order valence-corrected chi connectivity index (χ3v) is 2.50. The van der Waals surface area contributed by atoms with Crippen molar-refractivity contribution in [3.63, 3.8) is 0 Å². The van der Waals surface area contributed by atoms with Crippen LogP contribution in [0.3, 0.4) is 0 Å². The fourth-order valence-corrected chi connectivity index (χ4v) is 1.73. The van der Waals surface area contributed by atoms with Crippen LogP contribution in [0.5, 0.6) is 0 Å². The number of nitrogens with one attached hydrogen (secondary N) is 2. The highest BCUT2D eigenvalue weighted by atomic mass is 15.0. The maximum Gasteiger partial charge on any atom is 0.0328 e. The molecule has 0 radical (unpaired) electrons. The molecular formula is C8H19N3. The summed E-state index contributed by atoms with van der Waals surface area (Å²) < 4.78 is 0. The fourth-order valence-electron chi connectivity index (χ4n) is 1.73. The Morgan fingerprint density at radius 2 is 2.09 bits per heavy atom. The first-order valence-corrected chi connectivity index (χ1v) is 4.49. The molecule has 1 fully saturated rings. The van der Waals surface area contributed by atoms with Crippen LogP contribution < -0.4 is 16.4 Å². The Hall–Kier alpha value is -0.120. The van der Waals surface area contributed by atoms with Gasteiger partial charge < -0.3 is 16.4 Å². The molecule has 0 aromatic rings. The molecular weight excluding hydrogens is 138 g/mol. The minimum atomic E-state index is 0.236. The molecule has 11 heavy (non-hydrogen) atoms. The molecule has 3 heteroatoms. The third kappa shape index (κ3) is 2.15. The minimum Gasteiger partial charge on any atom is -0.329 e. The zero-order chi connectivity index (χ0) is 8.16. The van der Waals surface area contributed by atoms with Gasteiger partial charge in [0.25, 0.3) is 0 Å². The summed E-state index contributed by atoms with van der Waals surface area (Å²) in [5, 5.41) is 6.82. The Morgan fingerprint density at radius 3 is 2.55 bits per heavy atom. The summed E-state index contributed by atoms with van der Waals surface area (Å²) in [6, 6.07) is 0. The zero-order valence-corrected chi connectivity index (χ0v) is 7.32. The highest BCUT2D eigenvalue weighted by molar-refractivity contribution is 4.92. The lowest BCUT2D eigenvalue weighted by Gasteiger charge is -2.37. The van der Waals surface area contributed by atoms with E-state index in [-0.39, 0.29) is 5.54 Å². The van der Waals surface area contributed by atoms with Crippen LogP contribution in [0.15, 0.2) is 0 Å². The van der Waals surface area contributed by atoms with Crippen LogP contribution >= 0.6 is 0 Å². The molecule has 66 valence electrons. The summed E-state index contributed by atoms with van der Waals surface area (Å²) in [6.07, 6.45) is 2.33. The number of hydrogen-bond acceptors (Lipinski definition) is 3. The van der Waals surface area contributed by atoms with Gasteiger partial charge in [-0.2, -0.15) is 0 Å². The molecule has 1 saturated heterocycles. The second kappa shape index (κ2) is 4.04. The van der Waals surface area contributed by atoms with E-state index in [1.54, 1.807) is 0 Å². The average molecular weight is 157 g/mol. The van der Waals surface area contributed by atoms with Gasteiger partial charge in [-0.15, -0.1) is 0 Å². The van der Waals surface area contributed by atoms with Gasteiger partial charge in [-0.3, -0.25) is 0 Å². The van der Waals surface area contributed by atoms with Gasteiger partial charge in [0.1, 0.15) is 0 Å². The molecule has 0 amide bonds. The highest BCUT2D eigenvalue weighted by Crippen LogP contribution is 2.15. The normalized spacial score (nSPS) is 23.5. The topological polar surface area (TPSA) is 50.1 Å². The molecule has 4 N–H and O–H groups in total. The number of rotatable bonds is 3. The molecule has 1 aliphatic heterocycles. The van der Waals surface area contributed by atoms with Gasteiger partial charge in [0, 0.05) is 12.1 Å². The molecule has 0 unspecified atom stereocenters. The lowest BCUT2D eigenvalue weighted by Crippen LogP contribution is -2.56. The molecule has 3 nitrogen and oxygen atoms in total. The molecule has 0 aromatic heterocycles. The molecule has 1 heterocycles.